The van der Waals surface area contributed by atoms with Crippen molar-refractivity contribution < 1.29 is 28.3 Å². The van der Waals surface area contributed by atoms with Crippen molar-refractivity contribution in [2.75, 3.05) is 29.9 Å². The molecule has 3 aliphatic rings. The quantitative estimate of drug-likeness (QED) is 0.405. The lowest BCUT2D eigenvalue weighted by Gasteiger charge is -2.37. The summed E-state index contributed by atoms with van der Waals surface area (Å²) in [6.45, 7) is 4.78. The molecule has 5 rings (SSSR count). The zero-order chi connectivity index (χ0) is 30.4. The maximum absolute atomic E-state index is 15.2. The van der Waals surface area contributed by atoms with Crippen molar-refractivity contribution in [3.05, 3.63) is 56.0 Å². The standard InChI is InChI=1S/C28H27Cl4F2N3O4/c1-26(2,3)11-36(16-6-13(29)5-14(30)7-16)23(38)20-19-10-27(33,34)12-37(19)28(21(20)24(39)40)17-8-15(31)9-18(32)22(17)35(4)25(28)41/h5-9,19-21H,10-12H2,1-4H3,(H,39,40)/t19-,20+,21-,28+/m1/s1. The van der Waals surface area contributed by atoms with E-state index in [9.17, 15) is 19.5 Å². The molecular formula is C28H27Cl4F2N3O4. The van der Waals surface area contributed by atoms with E-state index >= 15 is 8.78 Å². The molecule has 7 nitrogen and oxygen atoms in total. The molecule has 41 heavy (non-hydrogen) atoms. The summed E-state index contributed by atoms with van der Waals surface area (Å²) < 4.78 is 30.4. The molecule has 2 aromatic rings. The van der Waals surface area contributed by atoms with E-state index in [4.69, 9.17) is 46.4 Å². The monoisotopic (exact) mass is 647 g/mol. The summed E-state index contributed by atoms with van der Waals surface area (Å²) in [5.74, 6) is -9.55. The van der Waals surface area contributed by atoms with Gasteiger partial charge >= 0.3 is 5.97 Å². The second kappa shape index (κ2) is 9.95. The van der Waals surface area contributed by atoms with E-state index in [1.165, 1.54) is 47.2 Å². The number of aliphatic carboxylic acids is 1. The van der Waals surface area contributed by atoms with Crippen LogP contribution in [0, 0.1) is 17.3 Å². The number of rotatable bonds is 4. The lowest BCUT2D eigenvalue weighted by Crippen LogP contribution is -2.56. The van der Waals surface area contributed by atoms with Crippen molar-refractivity contribution >= 4 is 75.6 Å². The summed E-state index contributed by atoms with van der Waals surface area (Å²) in [6.07, 6.45) is -0.810. The molecule has 13 heteroatoms. The van der Waals surface area contributed by atoms with Crippen LogP contribution in [0.1, 0.15) is 32.8 Å². The van der Waals surface area contributed by atoms with Crippen LogP contribution in [0.25, 0.3) is 0 Å². The van der Waals surface area contributed by atoms with Crippen LogP contribution < -0.4 is 9.80 Å². The number of hydrogen-bond acceptors (Lipinski definition) is 4. The number of carbonyl (C=O) groups is 3. The number of fused-ring (bicyclic) bond motifs is 4. The number of hydrogen-bond donors (Lipinski definition) is 1. The van der Waals surface area contributed by atoms with Gasteiger partial charge in [0.05, 0.1) is 23.2 Å². The Hall–Kier alpha value is -2.17. The van der Waals surface area contributed by atoms with Gasteiger partial charge in [0.1, 0.15) is 11.5 Å². The third kappa shape index (κ3) is 4.78. The Bertz CT molecular complexity index is 1460. The van der Waals surface area contributed by atoms with Crippen LogP contribution in [0.2, 0.25) is 20.1 Å². The lowest BCUT2D eigenvalue weighted by atomic mass is 9.73. The molecule has 220 valence electrons. The van der Waals surface area contributed by atoms with E-state index in [-0.39, 0.29) is 43.6 Å². The second-order valence-electron chi connectivity index (χ2n) is 12.1. The minimum atomic E-state index is -3.29. The van der Waals surface area contributed by atoms with Crippen molar-refractivity contribution in [1.29, 1.82) is 0 Å². The van der Waals surface area contributed by atoms with Crippen molar-refractivity contribution in [2.45, 2.75) is 44.7 Å². The summed E-state index contributed by atoms with van der Waals surface area (Å²) in [4.78, 5) is 45.6. The average Bonchev–Trinajstić information content (AvgIpc) is 3.35. The first-order valence-corrected chi connectivity index (χ1v) is 14.3. The molecule has 1 spiro atoms. The number of alkyl halides is 2. The molecule has 0 unspecified atom stereocenters. The van der Waals surface area contributed by atoms with E-state index in [1.807, 2.05) is 20.8 Å². The maximum atomic E-state index is 15.2. The van der Waals surface area contributed by atoms with Crippen LogP contribution in [0.3, 0.4) is 0 Å². The number of carboxylic acid groups (broad SMARTS) is 1. The number of carboxylic acids is 1. The van der Waals surface area contributed by atoms with Gasteiger partial charge in [0, 0.05) is 52.4 Å². The van der Waals surface area contributed by atoms with Crippen LogP contribution in [-0.4, -0.2) is 59.9 Å². The minimum absolute atomic E-state index is 0.0598. The van der Waals surface area contributed by atoms with Crippen LogP contribution in [0.15, 0.2) is 30.3 Å². The fourth-order valence-corrected chi connectivity index (χ4v) is 7.88. The number of halogens is 6. The van der Waals surface area contributed by atoms with Gasteiger partial charge < -0.3 is 14.9 Å². The SMILES string of the molecule is CN1C(=O)[C@]2(c3cc(Cl)cc(Cl)c31)[C@@H](C(=O)O)[C@@H](C(=O)N(CC(C)(C)C)c1cc(Cl)cc(Cl)c1)[C@H]1CC(F)(F)CN12. The van der Waals surface area contributed by atoms with E-state index < -0.39 is 65.5 Å². The smallest absolute Gasteiger partial charge is 0.310 e. The number of carbonyl (C=O) groups excluding carboxylic acids is 2. The van der Waals surface area contributed by atoms with Gasteiger partial charge in [-0.05, 0) is 35.7 Å². The number of benzene rings is 2. The van der Waals surface area contributed by atoms with Crippen LogP contribution in [0.4, 0.5) is 20.2 Å². The molecule has 0 bridgehead atoms. The largest absolute Gasteiger partial charge is 0.481 e. The van der Waals surface area contributed by atoms with Gasteiger partial charge in [-0.3, -0.25) is 19.3 Å². The van der Waals surface area contributed by atoms with Gasteiger partial charge in [-0.15, -0.1) is 0 Å². The fraction of sp³-hybridized carbons (Fsp3) is 0.464. The number of nitrogens with zero attached hydrogens (tertiary/aromatic N) is 3. The summed E-state index contributed by atoms with van der Waals surface area (Å²) in [5.41, 5.74) is -2.11. The molecular weight excluding hydrogens is 622 g/mol. The van der Waals surface area contributed by atoms with Crippen LogP contribution >= 0.6 is 46.4 Å². The zero-order valence-electron chi connectivity index (χ0n) is 22.5. The summed E-state index contributed by atoms with van der Waals surface area (Å²) in [7, 11) is 1.40. The molecule has 4 atom stereocenters. The molecule has 2 saturated heterocycles. The van der Waals surface area contributed by atoms with Gasteiger partial charge in [0.15, 0.2) is 0 Å². The Morgan fingerprint density at radius 1 is 1.05 bits per heavy atom. The number of anilines is 2. The highest BCUT2D eigenvalue weighted by molar-refractivity contribution is 6.38. The summed E-state index contributed by atoms with van der Waals surface area (Å²) >= 11 is 25.3. The van der Waals surface area contributed by atoms with E-state index in [0.717, 1.165) is 4.90 Å². The van der Waals surface area contributed by atoms with Crippen molar-refractivity contribution in [3.63, 3.8) is 0 Å². The fourth-order valence-electron chi connectivity index (χ4n) is 6.75. The molecule has 0 saturated carbocycles. The Morgan fingerprint density at radius 3 is 2.20 bits per heavy atom. The predicted molar refractivity (Wildman–Crippen MR) is 154 cm³/mol. The molecule has 0 aliphatic carbocycles. The van der Waals surface area contributed by atoms with Gasteiger partial charge in [-0.1, -0.05) is 67.2 Å². The predicted octanol–water partition coefficient (Wildman–Crippen LogP) is 6.59. The normalized spacial score (nSPS) is 26.9. The Kier molecular flexibility index (Phi) is 7.35. The molecule has 1 N–H and O–H groups in total. The molecule has 3 aliphatic heterocycles. The highest BCUT2D eigenvalue weighted by Crippen LogP contribution is 2.62. The lowest BCUT2D eigenvalue weighted by molar-refractivity contribution is -0.154. The molecule has 0 radical (unpaired) electrons. The highest BCUT2D eigenvalue weighted by Gasteiger charge is 2.75. The molecule has 3 heterocycles. The zero-order valence-corrected chi connectivity index (χ0v) is 25.5. The minimum Gasteiger partial charge on any atom is -0.481 e. The Labute approximate surface area is 255 Å². The summed E-state index contributed by atoms with van der Waals surface area (Å²) in [5, 5.41) is 11.3. The molecule has 0 aromatic heterocycles. The van der Waals surface area contributed by atoms with E-state index in [0.29, 0.717) is 0 Å². The number of likely N-dealkylation sites (N-methyl/N-ethyl adjacent to an activating group) is 1. The third-order valence-electron chi connectivity index (χ3n) is 8.00. The Morgan fingerprint density at radius 2 is 1.63 bits per heavy atom. The van der Waals surface area contributed by atoms with Gasteiger partial charge in [0.25, 0.3) is 11.8 Å². The van der Waals surface area contributed by atoms with E-state index in [2.05, 4.69) is 0 Å². The first-order chi connectivity index (χ1) is 18.9. The third-order valence-corrected chi connectivity index (χ3v) is 8.94. The van der Waals surface area contributed by atoms with Crippen molar-refractivity contribution in [1.82, 2.24) is 4.90 Å². The van der Waals surface area contributed by atoms with Gasteiger partial charge in [-0.2, -0.15) is 0 Å². The second-order valence-corrected chi connectivity index (χ2v) is 13.8. The molecule has 2 aromatic carbocycles. The molecule has 2 fully saturated rings. The van der Waals surface area contributed by atoms with Gasteiger partial charge in [-0.25, -0.2) is 8.78 Å². The van der Waals surface area contributed by atoms with Crippen LogP contribution in [0.5, 0.6) is 0 Å². The Balaban J connectivity index is 1.76. The highest BCUT2D eigenvalue weighted by atomic mass is 35.5. The summed E-state index contributed by atoms with van der Waals surface area (Å²) in [6, 6.07) is 5.97. The topological polar surface area (TPSA) is 81.2 Å². The molecule has 2 amide bonds. The van der Waals surface area contributed by atoms with E-state index in [1.54, 1.807) is 0 Å². The van der Waals surface area contributed by atoms with Gasteiger partial charge in [0.2, 0.25) is 5.91 Å². The van der Waals surface area contributed by atoms with Crippen molar-refractivity contribution in [2.24, 2.45) is 17.3 Å². The first-order valence-electron chi connectivity index (χ1n) is 12.8. The van der Waals surface area contributed by atoms with Crippen LogP contribution in [-0.2, 0) is 19.9 Å². The van der Waals surface area contributed by atoms with Crippen molar-refractivity contribution in [3.8, 4) is 0 Å². The first kappa shape index (κ1) is 30.3. The number of amides is 2. The maximum Gasteiger partial charge on any atom is 0.310 e. The average molecular weight is 649 g/mol.